The number of nitrogens with zero attached hydrogens (tertiary/aromatic N) is 4. The van der Waals surface area contributed by atoms with Gasteiger partial charge in [0.2, 0.25) is 5.82 Å². The Morgan fingerprint density at radius 3 is 2.46 bits per heavy atom. The first-order valence-corrected chi connectivity index (χ1v) is 7.64. The zero-order chi connectivity index (χ0) is 16.9. The minimum absolute atomic E-state index is 0.0998. The first kappa shape index (κ1) is 15.2. The molecule has 2 aromatic heterocycles. The second-order valence-corrected chi connectivity index (χ2v) is 6.01. The molecule has 124 valence electrons. The summed E-state index contributed by atoms with van der Waals surface area (Å²) in [6, 6.07) is 6.82. The summed E-state index contributed by atoms with van der Waals surface area (Å²) in [6.45, 7) is 0. The first-order valence-electron chi connectivity index (χ1n) is 7.26. The molecular weight excluding hydrogens is 343 g/mol. The number of hydrogen-bond donors (Lipinski definition) is 1. The van der Waals surface area contributed by atoms with Crippen molar-refractivity contribution in [2.24, 2.45) is 0 Å². The molecule has 0 saturated heterocycles. The van der Waals surface area contributed by atoms with Crippen LogP contribution in [0.4, 0.5) is 19.0 Å². The lowest BCUT2D eigenvalue weighted by Crippen LogP contribution is -2.15. The fraction of sp³-hybridized carbons (Fsp3) is 0.267. The zero-order valence-corrected chi connectivity index (χ0v) is 12.9. The first-order chi connectivity index (χ1) is 11.4. The van der Waals surface area contributed by atoms with Crippen molar-refractivity contribution < 1.29 is 13.2 Å². The zero-order valence-electron chi connectivity index (χ0n) is 12.2. The normalized spacial score (nSPS) is 15.0. The molecule has 0 unspecified atom stereocenters. The van der Waals surface area contributed by atoms with Crippen LogP contribution in [-0.2, 0) is 6.18 Å². The largest absolute Gasteiger partial charge is 0.451 e. The molecule has 5 nitrogen and oxygen atoms in total. The molecule has 9 heteroatoms. The van der Waals surface area contributed by atoms with Crippen LogP contribution < -0.4 is 5.32 Å². The van der Waals surface area contributed by atoms with Gasteiger partial charge in [-0.05, 0) is 37.1 Å². The topological polar surface area (TPSA) is 55.6 Å². The molecule has 3 aromatic rings. The summed E-state index contributed by atoms with van der Waals surface area (Å²) in [5.74, 6) is -1.07. The lowest BCUT2D eigenvalue weighted by Gasteiger charge is -2.10. The number of alkyl halides is 3. The number of imidazole rings is 1. The average Bonchev–Trinajstić information content (AvgIpc) is 3.23. The maximum absolute atomic E-state index is 13.1. The van der Waals surface area contributed by atoms with Gasteiger partial charge in [0.25, 0.3) is 0 Å². The van der Waals surface area contributed by atoms with E-state index in [2.05, 4.69) is 20.3 Å². The van der Waals surface area contributed by atoms with Crippen LogP contribution in [0.2, 0.25) is 5.02 Å². The summed E-state index contributed by atoms with van der Waals surface area (Å²) in [4.78, 5) is 11.5. The summed E-state index contributed by atoms with van der Waals surface area (Å²) in [6.07, 6.45) is -1.39. The van der Waals surface area contributed by atoms with E-state index in [1.807, 2.05) is 0 Å². The van der Waals surface area contributed by atoms with Crippen molar-refractivity contribution in [1.29, 1.82) is 0 Å². The van der Waals surface area contributed by atoms with E-state index in [0.717, 1.165) is 12.8 Å². The lowest BCUT2D eigenvalue weighted by molar-refractivity contribution is -0.144. The van der Waals surface area contributed by atoms with Crippen LogP contribution in [0.5, 0.6) is 0 Å². The maximum Gasteiger partial charge on any atom is 0.451 e. The number of nitrogens with one attached hydrogen (secondary N) is 1. The van der Waals surface area contributed by atoms with E-state index in [4.69, 9.17) is 11.6 Å². The molecule has 0 amide bonds. The molecule has 24 heavy (non-hydrogen) atoms. The molecule has 1 saturated carbocycles. The highest BCUT2D eigenvalue weighted by Crippen LogP contribution is 2.33. The van der Waals surface area contributed by atoms with Gasteiger partial charge in [0, 0.05) is 16.8 Å². The maximum atomic E-state index is 13.1. The van der Waals surface area contributed by atoms with Gasteiger partial charge >= 0.3 is 6.18 Å². The highest BCUT2D eigenvalue weighted by atomic mass is 35.5. The third-order valence-corrected chi connectivity index (χ3v) is 3.92. The molecule has 0 spiro atoms. The molecule has 1 aliphatic rings. The number of hydrogen-bond acceptors (Lipinski definition) is 4. The van der Waals surface area contributed by atoms with Crippen molar-refractivity contribution in [3.05, 3.63) is 41.4 Å². The molecule has 1 N–H and O–H groups in total. The molecule has 2 heterocycles. The van der Waals surface area contributed by atoms with Crippen molar-refractivity contribution in [1.82, 2.24) is 19.5 Å². The number of fused-ring (bicyclic) bond motifs is 1. The van der Waals surface area contributed by atoms with Crippen molar-refractivity contribution in [3.8, 4) is 5.69 Å². The molecule has 0 radical (unpaired) electrons. The Hall–Kier alpha value is -2.35. The molecule has 1 fully saturated rings. The lowest BCUT2D eigenvalue weighted by atomic mass is 10.3. The summed E-state index contributed by atoms with van der Waals surface area (Å²) in [5.41, 5.74) is 1.03. The summed E-state index contributed by atoms with van der Waals surface area (Å²) in [5, 5.41) is 3.53. The fourth-order valence-corrected chi connectivity index (χ4v) is 2.47. The Bertz CT molecular complexity index is 900. The third-order valence-electron chi connectivity index (χ3n) is 3.67. The molecule has 4 rings (SSSR count). The quantitative estimate of drug-likeness (QED) is 0.771. The highest BCUT2D eigenvalue weighted by Gasteiger charge is 2.37. The third kappa shape index (κ3) is 2.77. The second-order valence-electron chi connectivity index (χ2n) is 5.58. The molecule has 1 aliphatic carbocycles. The van der Waals surface area contributed by atoms with E-state index in [-0.39, 0.29) is 17.5 Å². The van der Waals surface area contributed by atoms with Gasteiger partial charge in [-0.15, -0.1) is 0 Å². The van der Waals surface area contributed by atoms with Gasteiger partial charge in [-0.25, -0.2) is 15.0 Å². The molecule has 0 bridgehead atoms. The Morgan fingerprint density at radius 1 is 1.12 bits per heavy atom. The van der Waals surface area contributed by atoms with E-state index in [1.165, 1.54) is 10.9 Å². The van der Waals surface area contributed by atoms with Gasteiger partial charge in [-0.2, -0.15) is 13.2 Å². The van der Waals surface area contributed by atoms with Gasteiger partial charge < -0.3 is 5.32 Å². The number of halogens is 4. The number of anilines is 1. The van der Waals surface area contributed by atoms with E-state index in [1.54, 1.807) is 24.3 Å². The van der Waals surface area contributed by atoms with Gasteiger partial charge in [-0.3, -0.25) is 4.57 Å². The van der Waals surface area contributed by atoms with E-state index < -0.39 is 12.0 Å². The average molecular weight is 354 g/mol. The molecule has 1 aromatic carbocycles. The van der Waals surface area contributed by atoms with Crippen LogP contribution in [0, 0.1) is 0 Å². The number of aromatic nitrogens is 4. The van der Waals surface area contributed by atoms with E-state index in [9.17, 15) is 13.2 Å². The van der Waals surface area contributed by atoms with E-state index in [0.29, 0.717) is 16.2 Å². The number of benzene rings is 1. The Labute approximate surface area is 139 Å². The monoisotopic (exact) mass is 353 g/mol. The van der Waals surface area contributed by atoms with Crippen molar-refractivity contribution in [2.75, 3.05) is 5.32 Å². The SMILES string of the molecule is FC(F)(F)c1nc(NC2CC2)c2ncn(-c3ccc(Cl)cc3)c2n1. The van der Waals surface area contributed by atoms with Gasteiger partial charge in [0.15, 0.2) is 17.0 Å². The van der Waals surface area contributed by atoms with Crippen LogP contribution >= 0.6 is 11.6 Å². The Morgan fingerprint density at radius 2 is 1.83 bits per heavy atom. The van der Waals surface area contributed by atoms with Gasteiger partial charge in [0.05, 0.1) is 0 Å². The van der Waals surface area contributed by atoms with Crippen LogP contribution in [0.25, 0.3) is 16.9 Å². The summed E-state index contributed by atoms with van der Waals surface area (Å²) < 4.78 is 40.9. The molecule has 0 aliphatic heterocycles. The standard InChI is InChI=1S/C15H11ClF3N5/c16-8-1-5-10(6-2-8)24-7-20-11-12(21-9-3-4-9)22-14(15(17,18)19)23-13(11)24/h1-2,5-7,9H,3-4H2,(H,21,22,23). The molecular formula is C15H11ClF3N5. The van der Waals surface area contributed by atoms with Crippen LogP contribution in [0.3, 0.4) is 0 Å². The van der Waals surface area contributed by atoms with Gasteiger partial charge in [0.1, 0.15) is 6.33 Å². The summed E-state index contributed by atoms with van der Waals surface area (Å²) in [7, 11) is 0. The molecule has 0 atom stereocenters. The van der Waals surface area contributed by atoms with Gasteiger partial charge in [-0.1, -0.05) is 11.6 Å². The number of rotatable bonds is 3. The minimum atomic E-state index is -4.64. The fourth-order valence-electron chi connectivity index (χ4n) is 2.34. The van der Waals surface area contributed by atoms with Crippen LogP contribution in [-0.4, -0.2) is 25.6 Å². The highest BCUT2D eigenvalue weighted by molar-refractivity contribution is 6.30. The minimum Gasteiger partial charge on any atom is -0.365 e. The Balaban J connectivity index is 1.91. The second kappa shape index (κ2) is 5.34. The Kier molecular flexibility index (Phi) is 3.38. The van der Waals surface area contributed by atoms with Crippen molar-refractivity contribution in [3.63, 3.8) is 0 Å². The van der Waals surface area contributed by atoms with Crippen molar-refractivity contribution >= 4 is 28.6 Å². The summed E-state index contributed by atoms with van der Waals surface area (Å²) >= 11 is 5.86. The predicted octanol–water partition coefficient (Wildman–Crippen LogP) is 4.06. The van der Waals surface area contributed by atoms with Crippen LogP contribution in [0.15, 0.2) is 30.6 Å². The van der Waals surface area contributed by atoms with Crippen LogP contribution in [0.1, 0.15) is 18.7 Å². The van der Waals surface area contributed by atoms with Crippen molar-refractivity contribution in [2.45, 2.75) is 25.1 Å². The predicted molar refractivity (Wildman–Crippen MR) is 83.3 cm³/mol. The van der Waals surface area contributed by atoms with E-state index >= 15 is 0 Å². The smallest absolute Gasteiger partial charge is 0.365 e.